The van der Waals surface area contributed by atoms with Gasteiger partial charge in [0.05, 0.1) is 12.2 Å². The monoisotopic (exact) mass is 352 g/mol. The fraction of sp³-hybridized carbons (Fsp3) is 0.467. The van der Waals surface area contributed by atoms with Crippen LogP contribution in [0.4, 0.5) is 5.82 Å². The van der Waals surface area contributed by atoms with Crippen LogP contribution in [0, 0.1) is 0 Å². The SMILES string of the molecule is CN(C)S(=O)(=O)c1ccc(NCc2nc3c(s2)CCCC3)nc1. The number of nitrogens with zero attached hydrogens (tertiary/aromatic N) is 3. The van der Waals surface area contributed by atoms with Gasteiger partial charge in [-0.3, -0.25) is 0 Å². The van der Waals surface area contributed by atoms with Crippen molar-refractivity contribution in [3.63, 3.8) is 0 Å². The second kappa shape index (κ2) is 6.54. The van der Waals surface area contributed by atoms with Crippen molar-refractivity contribution >= 4 is 27.2 Å². The maximum Gasteiger partial charge on any atom is 0.244 e. The number of fused-ring (bicyclic) bond motifs is 1. The zero-order valence-corrected chi connectivity index (χ0v) is 14.9. The van der Waals surface area contributed by atoms with E-state index in [2.05, 4.69) is 15.3 Å². The molecular weight excluding hydrogens is 332 g/mol. The van der Waals surface area contributed by atoms with Crippen molar-refractivity contribution in [3.8, 4) is 0 Å². The van der Waals surface area contributed by atoms with E-state index in [4.69, 9.17) is 0 Å². The molecule has 0 unspecified atom stereocenters. The van der Waals surface area contributed by atoms with E-state index in [-0.39, 0.29) is 4.90 Å². The second-order valence-corrected chi connectivity index (χ2v) is 9.02. The van der Waals surface area contributed by atoms with Crippen LogP contribution in [-0.4, -0.2) is 36.8 Å². The molecule has 2 aromatic rings. The second-order valence-electron chi connectivity index (χ2n) is 5.70. The van der Waals surface area contributed by atoms with Crippen LogP contribution >= 0.6 is 11.3 Å². The molecule has 3 rings (SSSR count). The highest BCUT2D eigenvalue weighted by Gasteiger charge is 2.18. The molecule has 0 atom stereocenters. The number of nitrogens with one attached hydrogen (secondary N) is 1. The molecule has 8 heteroatoms. The van der Waals surface area contributed by atoms with Gasteiger partial charge in [0.15, 0.2) is 0 Å². The molecule has 0 amide bonds. The Balaban J connectivity index is 1.66. The van der Waals surface area contributed by atoms with E-state index in [1.807, 2.05) is 0 Å². The van der Waals surface area contributed by atoms with E-state index in [9.17, 15) is 8.42 Å². The minimum atomic E-state index is -3.43. The lowest BCUT2D eigenvalue weighted by Crippen LogP contribution is -2.22. The third-order valence-corrected chi connectivity index (χ3v) is 6.78. The largest absolute Gasteiger partial charge is 0.364 e. The van der Waals surface area contributed by atoms with E-state index >= 15 is 0 Å². The Hall–Kier alpha value is -1.51. The van der Waals surface area contributed by atoms with E-state index in [1.54, 1.807) is 23.5 Å². The summed E-state index contributed by atoms with van der Waals surface area (Å²) in [6.45, 7) is 0.616. The molecule has 23 heavy (non-hydrogen) atoms. The van der Waals surface area contributed by atoms with E-state index < -0.39 is 10.0 Å². The minimum Gasteiger partial charge on any atom is -0.364 e. The number of aryl methyl sites for hydroxylation is 2. The van der Waals surface area contributed by atoms with Crippen LogP contribution in [0.2, 0.25) is 0 Å². The normalized spacial score (nSPS) is 14.7. The molecule has 0 saturated heterocycles. The fourth-order valence-electron chi connectivity index (χ4n) is 2.50. The molecule has 1 aliphatic rings. The number of anilines is 1. The quantitative estimate of drug-likeness (QED) is 0.893. The number of hydrogen-bond donors (Lipinski definition) is 1. The number of thiazole rings is 1. The lowest BCUT2D eigenvalue weighted by molar-refractivity contribution is 0.520. The predicted octanol–water partition coefficient (Wildman–Crippen LogP) is 2.28. The number of sulfonamides is 1. The fourth-order valence-corrected chi connectivity index (χ4v) is 4.44. The molecule has 0 aliphatic heterocycles. The lowest BCUT2D eigenvalue weighted by Gasteiger charge is -2.11. The van der Waals surface area contributed by atoms with Crippen molar-refractivity contribution in [1.29, 1.82) is 0 Å². The maximum atomic E-state index is 12.0. The number of pyridine rings is 1. The molecule has 6 nitrogen and oxygen atoms in total. The summed E-state index contributed by atoms with van der Waals surface area (Å²) in [6.07, 6.45) is 6.09. The lowest BCUT2D eigenvalue weighted by atomic mass is 10.0. The van der Waals surface area contributed by atoms with Gasteiger partial charge in [-0.25, -0.2) is 22.7 Å². The Morgan fingerprint density at radius 2 is 2.04 bits per heavy atom. The Kier molecular flexibility index (Phi) is 4.65. The zero-order chi connectivity index (χ0) is 16.4. The molecule has 2 heterocycles. The van der Waals surface area contributed by atoms with Gasteiger partial charge >= 0.3 is 0 Å². The first-order valence-electron chi connectivity index (χ1n) is 7.57. The van der Waals surface area contributed by atoms with Crippen molar-refractivity contribution in [2.45, 2.75) is 37.1 Å². The summed E-state index contributed by atoms with van der Waals surface area (Å²) in [7, 11) is -0.419. The Morgan fingerprint density at radius 3 is 2.70 bits per heavy atom. The van der Waals surface area contributed by atoms with Crippen molar-refractivity contribution in [2.75, 3.05) is 19.4 Å². The van der Waals surface area contributed by atoms with E-state index in [0.717, 1.165) is 17.8 Å². The topological polar surface area (TPSA) is 75.2 Å². The first-order valence-corrected chi connectivity index (χ1v) is 9.82. The molecule has 0 saturated carbocycles. The predicted molar refractivity (Wildman–Crippen MR) is 91.2 cm³/mol. The number of rotatable bonds is 5. The van der Waals surface area contributed by atoms with Gasteiger partial charge in [-0.05, 0) is 37.8 Å². The molecule has 0 radical (unpaired) electrons. The summed E-state index contributed by atoms with van der Waals surface area (Å²) in [5.74, 6) is 0.649. The van der Waals surface area contributed by atoms with Gasteiger partial charge in [0.25, 0.3) is 0 Å². The van der Waals surface area contributed by atoms with Gasteiger partial charge in [-0.1, -0.05) is 0 Å². The first kappa shape index (κ1) is 16.4. The van der Waals surface area contributed by atoms with Gasteiger partial charge in [-0.2, -0.15) is 0 Å². The van der Waals surface area contributed by atoms with Gasteiger partial charge in [-0.15, -0.1) is 11.3 Å². The van der Waals surface area contributed by atoms with Crippen molar-refractivity contribution in [1.82, 2.24) is 14.3 Å². The van der Waals surface area contributed by atoms with Crippen molar-refractivity contribution in [3.05, 3.63) is 33.9 Å². The van der Waals surface area contributed by atoms with Crippen LogP contribution in [0.1, 0.15) is 28.4 Å². The summed E-state index contributed by atoms with van der Waals surface area (Å²) in [4.78, 5) is 10.5. The third-order valence-electron chi connectivity index (χ3n) is 3.83. The van der Waals surface area contributed by atoms with Gasteiger partial charge < -0.3 is 5.32 Å². The standard InChI is InChI=1S/C15H20N4O2S2/c1-19(2)23(20,21)11-7-8-14(16-9-11)17-10-15-18-12-5-3-4-6-13(12)22-15/h7-9H,3-6,10H2,1-2H3,(H,16,17). The average molecular weight is 352 g/mol. The molecule has 0 spiro atoms. The van der Waals surface area contributed by atoms with Crippen LogP contribution in [0.15, 0.2) is 23.2 Å². The Morgan fingerprint density at radius 1 is 1.26 bits per heavy atom. The first-order chi connectivity index (χ1) is 11.0. The smallest absolute Gasteiger partial charge is 0.244 e. The van der Waals surface area contributed by atoms with Crippen LogP contribution in [0.5, 0.6) is 0 Å². The minimum absolute atomic E-state index is 0.192. The van der Waals surface area contributed by atoms with Crippen molar-refractivity contribution in [2.24, 2.45) is 0 Å². The molecule has 0 bridgehead atoms. The molecule has 2 aromatic heterocycles. The molecule has 0 fully saturated rings. The average Bonchev–Trinajstić information content (AvgIpc) is 2.96. The molecule has 0 aromatic carbocycles. The molecule has 1 N–H and O–H groups in total. The van der Waals surface area contributed by atoms with Crippen molar-refractivity contribution < 1.29 is 8.42 Å². The van der Waals surface area contributed by atoms with E-state index in [1.165, 1.54) is 48.0 Å². The van der Waals surface area contributed by atoms with Crippen LogP contribution < -0.4 is 5.32 Å². The highest BCUT2D eigenvalue weighted by atomic mass is 32.2. The summed E-state index contributed by atoms with van der Waals surface area (Å²) >= 11 is 1.76. The molecular formula is C15H20N4O2S2. The van der Waals surface area contributed by atoms with Crippen LogP contribution in [-0.2, 0) is 29.4 Å². The maximum absolute atomic E-state index is 12.0. The Bertz CT molecular complexity index is 759. The zero-order valence-electron chi connectivity index (χ0n) is 13.2. The Labute approximate surface area is 140 Å². The molecule has 1 aliphatic carbocycles. The van der Waals surface area contributed by atoms with Gasteiger partial charge in [0.1, 0.15) is 15.7 Å². The number of hydrogen-bond acceptors (Lipinski definition) is 6. The van der Waals surface area contributed by atoms with Crippen LogP contribution in [0.3, 0.4) is 0 Å². The summed E-state index contributed by atoms with van der Waals surface area (Å²) in [5, 5.41) is 4.27. The number of aromatic nitrogens is 2. The third kappa shape index (κ3) is 3.54. The van der Waals surface area contributed by atoms with Gasteiger partial charge in [0.2, 0.25) is 10.0 Å². The van der Waals surface area contributed by atoms with Gasteiger partial charge in [0, 0.05) is 25.2 Å². The van der Waals surface area contributed by atoms with Crippen LogP contribution in [0.25, 0.3) is 0 Å². The highest BCUT2D eigenvalue weighted by Crippen LogP contribution is 2.27. The summed E-state index contributed by atoms with van der Waals surface area (Å²) in [6, 6.07) is 3.25. The van der Waals surface area contributed by atoms with E-state index in [0.29, 0.717) is 12.4 Å². The summed E-state index contributed by atoms with van der Waals surface area (Å²) in [5.41, 5.74) is 1.25. The highest BCUT2D eigenvalue weighted by molar-refractivity contribution is 7.89. The summed E-state index contributed by atoms with van der Waals surface area (Å²) < 4.78 is 25.2. The molecule has 124 valence electrons.